The molecular weight excluding hydrogens is 380 g/mol. The maximum Gasteiger partial charge on any atom is 0.240 e. The minimum atomic E-state index is -3.61. The molecule has 0 atom stereocenters. The maximum atomic E-state index is 12.8. The molecule has 3 aromatic carbocycles. The van der Waals surface area contributed by atoms with Crippen LogP contribution in [0.15, 0.2) is 83.9 Å². The van der Waals surface area contributed by atoms with E-state index >= 15 is 0 Å². The van der Waals surface area contributed by atoms with Crippen LogP contribution < -0.4 is 4.72 Å². The van der Waals surface area contributed by atoms with Crippen LogP contribution in [0.4, 0.5) is 0 Å². The van der Waals surface area contributed by atoms with Gasteiger partial charge in [0.25, 0.3) is 0 Å². The SMILES string of the molecule is Cc1cccc(-c2ccc(S(=O)(=O)NCc3ccnc4ccccc34)cc2)c1C. The number of nitrogens with zero attached hydrogens (tertiary/aromatic N) is 1. The van der Waals surface area contributed by atoms with Gasteiger partial charge in [0.1, 0.15) is 0 Å². The Bertz CT molecular complexity index is 1270. The smallest absolute Gasteiger partial charge is 0.240 e. The van der Waals surface area contributed by atoms with Crippen molar-refractivity contribution in [3.8, 4) is 11.1 Å². The first-order valence-electron chi connectivity index (χ1n) is 9.45. The first-order chi connectivity index (χ1) is 14.0. The van der Waals surface area contributed by atoms with Gasteiger partial charge in [-0.25, -0.2) is 13.1 Å². The highest BCUT2D eigenvalue weighted by atomic mass is 32.2. The van der Waals surface area contributed by atoms with Gasteiger partial charge in [-0.2, -0.15) is 0 Å². The van der Waals surface area contributed by atoms with E-state index in [1.807, 2.05) is 48.5 Å². The zero-order valence-corrected chi connectivity index (χ0v) is 17.2. The van der Waals surface area contributed by atoms with Crippen molar-refractivity contribution >= 4 is 20.9 Å². The second-order valence-corrected chi connectivity index (χ2v) is 8.85. The second-order valence-electron chi connectivity index (χ2n) is 7.08. The summed E-state index contributed by atoms with van der Waals surface area (Å²) in [7, 11) is -3.61. The fourth-order valence-corrected chi connectivity index (χ4v) is 4.45. The number of benzene rings is 3. The average Bonchev–Trinajstić information content (AvgIpc) is 2.74. The summed E-state index contributed by atoms with van der Waals surface area (Å²) in [6.45, 7) is 4.37. The molecule has 0 fully saturated rings. The Morgan fingerprint density at radius 1 is 0.862 bits per heavy atom. The van der Waals surface area contributed by atoms with E-state index in [4.69, 9.17) is 0 Å². The van der Waals surface area contributed by atoms with E-state index in [-0.39, 0.29) is 11.4 Å². The number of hydrogen-bond acceptors (Lipinski definition) is 3. The molecule has 1 aromatic heterocycles. The molecule has 1 heterocycles. The molecule has 0 aliphatic carbocycles. The molecule has 0 saturated carbocycles. The van der Waals surface area contributed by atoms with Gasteiger partial charge in [-0.15, -0.1) is 0 Å². The van der Waals surface area contributed by atoms with Crippen LogP contribution in [0.5, 0.6) is 0 Å². The summed E-state index contributed by atoms with van der Waals surface area (Å²) in [6.07, 6.45) is 1.70. The second kappa shape index (κ2) is 7.78. The van der Waals surface area contributed by atoms with Crippen molar-refractivity contribution in [3.05, 3.63) is 95.7 Å². The van der Waals surface area contributed by atoms with Gasteiger partial charge < -0.3 is 0 Å². The van der Waals surface area contributed by atoms with E-state index in [0.717, 1.165) is 27.6 Å². The zero-order valence-electron chi connectivity index (χ0n) is 16.4. The largest absolute Gasteiger partial charge is 0.256 e. The first kappa shape index (κ1) is 19.3. The molecule has 29 heavy (non-hydrogen) atoms. The van der Waals surface area contributed by atoms with E-state index in [1.54, 1.807) is 18.3 Å². The van der Waals surface area contributed by atoms with Crippen LogP contribution in [0.3, 0.4) is 0 Å². The number of fused-ring (bicyclic) bond motifs is 1. The molecule has 4 nitrogen and oxygen atoms in total. The molecule has 0 amide bonds. The predicted octanol–water partition coefficient (Wildman–Crippen LogP) is 5.00. The summed E-state index contributed by atoms with van der Waals surface area (Å²) < 4.78 is 28.3. The Balaban J connectivity index is 1.57. The maximum absolute atomic E-state index is 12.8. The lowest BCUT2D eigenvalue weighted by atomic mass is 9.97. The van der Waals surface area contributed by atoms with Gasteiger partial charge in [0, 0.05) is 18.1 Å². The van der Waals surface area contributed by atoms with E-state index in [2.05, 4.69) is 35.7 Å². The molecule has 0 unspecified atom stereocenters. The van der Waals surface area contributed by atoms with Crippen molar-refractivity contribution in [3.63, 3.8) is 0 Å². The number of aryl methyl sites for hydroxylation is 1. The molecule has 0 radical (unpaired) electrons. The van der Waals surface area contributed by atoms with Gasteiger partial charge in [0.15, 0.2) is 0 Å². The Morgan fingerprint density at radius 3 is 2.41 bits per heavy atom. The lowest BCUT2D eigenvalue weighted by Crippen LogP contribution is -2.23. The van der Waals surface area contributed by atoms with Crippen molar-refractivity contribution in [1.82, 2.24) is 9.71 Å². The molecule has 0 saturated heterocycles. The first-order valence-corrected chi connectivity index (χ1v) is 10.9. The predicted molar refractivity (Wildman–Crippen MR) is 117 cm³/mol. The van der Waals surface area contributed by atoms with Crippen LogP contribution in [0.25, 0.3) is 22.0 Å². The Kier molecular flexibility index (Phi) is 5.18. The summed E-state index contributed by atoms with van der Waals surface area (Å²) in [4.78, 5) is 4.57. The van der Waals surface area contributed by atoms with Crippen molar-refractivity contribution in [2.45, 2.75) is 25.3 Å². The molecule has 0 spiro atoms. The molecular formula is C24H22N2O2S. The van der Waals surface area contributed by atoms with Gasteiger partial charge >= 0.3 is 0 Å². The van der Waals surface area contributed by atoms with Gasteiger partial charge in [-0.1, -0.05) is 48.5 Å². The lowest BCUT2D eigenvalue weighted by molar-refractivity contribution is 0.581. The molecule has 0 aliphatic rings. The standard InChI is InChI=1S/C24H22N2O2S/c1-17-6-5-8-22(18(17)2)19-10-12-21(13-11-19)29(27,28)26-16-20-14-15-25-24-9-4-3-7-23(20)24/h3-15,26H,16H2,1-2H3. The lowest BCUT2D eigenvalue weighted by Gasteiger charge is -2.11. The minimum absolute atomic E-state index is 0.212. The average molecular weight is 403 g/mol. The molecule has 1 N–H and O–H groups in total. The normalized spacial score (nSPS) is 11.7. The van der Waals surface area contributed by atoms with Crippen molar-refractivity contribution < 1.29 is 8.42 Å². The molecule has 146 valence electrons. The molecule has 4 aromatic rings. The molecule has 0 bridgehead atoms. The fraction of sp³-hybridized carbons (Fsp3) is 0.125. The number of hydrogen-bond donors (Lipinski definition) is 1. The summed E-state index contributed by atoms with van der Waals surface area (Å²) >= 11 is 0. The molecule has 5 heteroatoms. The monoisotopic (exact) mass is 402 g/mol. The number of sulfonamides is 1. The van der Waals surface area contributed by atoms with Crippen LogP contribution in [-0.4, -0.2) is 13.4 Å². The number of pyridine rings is 1. The van der Waals surface area contributed by atoms with E-state index in [0.29, 0.717) is 0 Å². The highest BCUT2D eigenvalue weighted by molar-refractivity contribution is 7.89. The molecule has 4 rings (SSSR count). The summed E-state index contributed by atoms with van der Waals surface area (Å²) in [5, 5.41) is 0.947. The number of aromatic nitrogens is 1. The van der Waals surface area contributed by atoms with Crippen LogP contribution in [0.1, 0.15) is 16.7 Å². The highest BCUT2D eigenvalue weighted by Gasteiger charge is 2.15. The van der Waals surface area contributed by atoms with E-state index in [1.165, 1.54) is 11.1 Å². The van der Waals surface area contributed by atoms with Crippen LogP contribution in [0.2, 0.25) is 0 Å². The third-order valence-corrected chi connectivity index (χ3v) is 6.69. The quantitative estimate of drug-likeness (QED) is 0.511. The van der Waals surface area contributed by atoms with Crippen molar-refractivity contribution in [1.29, 1.82) is 0 Å². The number of rotatable bonds is 5. The fourth-order valence-electron chi connectivity index (χ4n) is 3.44. The van der Waals surface area contributed by atoms with Gasteiger partial charge in [0.05, 0.1) is 10.4 Å². The summed E-state index contributed by atoms with van der Waals surface area (Å²) in [5.74, 6) is 0. The van der Waals surface area contributed by atoms with Crippen molar-refractivity contribution in [2.24, 2.45) is 0 Å². The van der Waals surface area contributed by atoms with Crippen LogP contribution in [0, 0.1) is 13.8 Å². The third kappa shape index (κ3) is 3.92. The van der Waals surface area contributed by atoms with Gasteiger partial charge in [0.2, 0.25) is 10.0 Å². The summed E-state index contributed by atoms with van der Waals surface area (Å²) in [6, 6.07) is 22.7. The van der Waals surface area contributed by atoms with E-state index in [9.17, 15) is 8.42 Å². The minimum Gasteiger partial charge on any atom is -0.256 e. The summed E-state index contributed by atoms with van der Waals surface area (Å²) in [5.41, 5.74) is 6.28. The van der Waals surface area contributed by atoms with Gasteiger partial charge in [-0.05, 0) is 65.9 Å². The Hall–Kier alpha value is -3.02. The van der Waals surface area contributed by atoms with Crippen LogP contribution in [-0.2, 0) is 16.6 Å². The third-order valence-electron chi connectivity index (χ3n) is 5.27. The van der Waals surface area contributed by atoms with E-state index < -0.39 is 10.0 Å². The highest BCUT2D eigenvalue weighted by Crippen LogP contribution is 2.26. The Morgan fingerprint density at radius 2 is 1.62 bits per heavy atom. The van der Waals surface area contributed by atoms with Gasteiger partial charge in [-0.3, -0.25) is 4.98 Å². The van der Waals surface area contributed by atoms with Crippen molar-refractivity contribution in [2.75, 3.05) is 0 Å². The molecule has 0 aliphatic heterocycles. The topological polar surface area (TPSA) is 59.1 Å². The van der Waals surface area contributed by atoms with Crippen LogP contribution >= 0.6 is 0 Å². The number of nitrogens with one attached hydrogen (secondary N) is 1. The zero-order chi connectivity index (χ0) is 20.4. The number of para-hydroxylation sites is 1. The Labute approximate surface area is 171 Å².